The normalized spacial score (nSPS) is 10.9. The van der Waals surface area contributed by atoms with Gasteiger partial charge in [-0.05, 0) is 41.2 Å². The average molecular weight is 545 g/mol. The van der Waals surface area contributed by atoms with Gasteiger partial charge in [-0.25, -0.2) is 9.97 Å². The molecule has 38 heavy (non-hydrogen) atoms. The highest BCUT2D eigenvalue weighted by molar-refractivity contribution is 7.98. The first-order chi connectivity index (χ1) is 18.5. The molecule has 0 spiro atoms. The van der Waals surface area contributed by atoms with E-state index >= 15 is 0 Å². The van der Waals surface area contributed by atoms with Crippen molar-refractivity contribution < 1.29 is 4.79 Å². The van der Waals surface area contributed by atoms with Gasteiger partial charge in [-0.15, -0.1) is 0 Å². The fraction of sp³-hybridized carbons (Fsp3) is 0.258. The topological polar surface area (TPSA) is 58.1 Å². The Bertz CT molecular complexity index is 1300. The minimum atomic E-state index is -0.0465. The maximum absolute atomic E-state index is 12.3. The van der Waals surface area contributed by atoms with Crippen molar-refractivity contribution in [2.75, 3.05) is 18.0 Å². The summed E-state index contributed by atoms with van der Waals surface area (Å²) in [6.45, 7) is 6.35. The van der Waals surface area contributed by atoms with E-state index in [-0.39, 0.29) is 5.91 Å². The van der Waals surface area contributed by atoms with Gasteiger partial charge >= 0.3 is 0 Å². The van der Waals surface area contributed by atoms with Gasteiger partial charge in [0.05, 0.1) is 0 Å². The van der Waals surface area contributed by atoms with Gasteiger partial charge in [-0.1, -0.05) is 110 Å². The second-order valence-corrected chi connectivity index (χ2v) is 10.9. The molecule has 4 aromatic rings. The van der Waals surface area contributed by atoms with E-state index in [1.54, 1.807) is 0 Å². The Balaban J connectivity index is 1.45. The molecule has 7 heteroatoms. The first-order valence-electron chi connectivity index (χ1n) is 12.8. The van der Waals surface area contributed by atoms with Crippen molar-refractivity contribution >= 4 is 35.1 Å². The van der Waals surface area contributed by atoms with E-state index in [0.717, 1.165) is 30.9 Å². The largest absolute Gasteiger partial charge is 0.352 e. The highest BCUT2D eigenvalue weighted by atomic mass is 35.5. The van der Waals surface area contributed by atoms with Crippen LogP contribution in [0.2, 0.25) is 5.15 Å². The van der Waals surface area contributed by atoms with Gasteiger partial charge in [-0.3, -0.25) is 4.79 Å². The number of carbonyl (C=O) groups is 1. The SMILES string of the molecule is CC(C)CNC(=O)c1ccc(CSc2nc(Cl)cc(N(CCc3ccccc3)Cc3ccccc3)n2)cc1. The number of rotatable bonds is 12. The van der Waals surface area contributed by atoms with Gasteiger partial charge in [0.15, 0.2) is 5.16 Å². The highest BCUT2D eigenvalue weighted by Crippen LogP contribution is 2.26. The number of nitrogens with zero attached hydrogens (tertiary/aromatic N) is 3. The summed E-state index contributed by atoms with van der Waals surface area (Å²) in [4.78, 5) is 23.9. The molecule has 1 amide bonds. The van der Waals surface area contributed by atoms with Crippen LogP contribution in [0.3, 0.4) is 0 Å². The fourth-order valence-electron chi connectivity index (χ4n) is 3.90. The number of thioether (sulfide) groups is 1. The van der Waals surface area contributed by atoms with Crippen molar-refractivity contribution in [3.63, 3.8) is 0 Å². The number of anilines is 1. The Morgan fingerprint density at radius 1 is 0.895 bits per heavy atom. The van der Waals surface area contributed by atoms with Crippen LogP contribution in [0.4, 0.5) is 5.82 Å². The van der Waals surface area contributed by atoms with E-state index in [1.165, 1.54) is 22.9 Å². The Labute approximate surface area is 234 Å². The van der Waals surface area contributed by atoms with Crippen molar-refractivity contribution in [2.24, 2.45) is 5.92 Å². The molecule has 0 saturated carbocycles. The maximum atomic E-state index is 12.3. The third kappa shape index (κ3) is 8.61. The number of hydrogen-bond acceptors (Lipinski definition) is 5. The van der Waals surface area contributed by atoms with Crippen LogP contribution in [-0.2, 0) is 18.7 Å². The minimum absolute atomic E-state index is 0.0465. The zero-order valence-corrected chi connectivity index (χ0v) is 23.4. The van der Waals surface area contributed by atoms with Gasteiger partial charge in [0.1, 0.15) is 11.0 Å². The Morgan fingerprint density at radius 3 is 2.21 bits per heavy atom. The monoisotopic (exact) mass is 544 g/mol. The summed E-state index contributed by atoms with van der Waals surface area (Å²) in [5.74, 6) is 1.86. The highest BCUT2D eigenvalue weighted by Gasteiger charge is 2.14. The van der Waals surface area contributed by atoms with Gasteiger partial charge in [-0.2, -0.15) is 0 Å². The molecule has 3 aromatic carbocycles. The number of amides is 1. The predicted molar refractivity (Wildman–Crippen MR) is 158 cm³/mol. The molecule has 0 atom stereocenters. The van der Waals surface area contributed by atoms with Gasteiger partial charge in [0.2, 0.25) is 0 Å². The predicted octanol–water partition coefficient (Wildman–Crippen LogP) is 7.06. The van der Waals surface area contributed by atoms with Gasteiger partial charge in [0, 0.05) is 37.0 Å². The lowest BCUT2D eigenvalue weighted by Gasteiger charge is -2.24. The molecule has 0 aliphatic rings. The van der Waals surface area contributed by atoms with Gasteiger partial charge < -0.3 is 10.2 Å². The zero-order valence-electron chi connectivity index (χ0n) is 21.8. The molecule has 0 saturated heterocycles. The average Bonchev–Trinajstić information content (AvgIpc) is 2.94. The quantitative estimate of drug-likeness (QED) is 0.117. The van der Waals surface area contributed by atoms with Crippen molar-refractivity contribution in [1.82, 2.24) is 15.3 Å². The Kier molecular flexibility index (Phi) is 10.2. The molecule has 4 rings (SSSR count). The summed E-state index contributed by atoms with van der Waals surface area (Å²) in [6, 6.07) is 30.4. The van der Waals surface area contributed by atoms with Crippen LogP contribution >= 0.6 is 23.4 Å². The van der Waals surface area contributed by atoms with E-state index in [2.05, 4.69) is 77.6 Å². The number of aromatic nitrogens is 2. The summed E-state index contributed by atoms with van der Waals surface area (Å²) >= 11 is 8.00. The van der Waals surface area contributed by atoms with E-state index in [9.17, 15) is 4.79 Å². The zero-order chi connectivity index (χ0) is 26.7. The molecule has 1 N–H and O–H groups in total. The molecule has 1 aromatic heterocycles. The van der Waals surface area contributed by atoms with Crippen molar-refractivity contribution in [3.05, 3.63) is 118 Å². The van der Waals surface area contributed by atoms with E-state index in [0.29, 0.717) is 34.1 Å². The molecule has 0 aliphatic carbocycles. The fourth-order valence-corrected chi connectivity index (χ4v) is 4.94. The number of benzene rings is 3. The van der Waals surface area contributed by atoms with Crippen LogP contribution in [-0.4, -0.2) is 29.0 Å². The lowest BCUT2D eigenvalue weighted by Crippen LogP contribution is -2.27. The van der Waals surface area contributed by atoms with Crippen molar-refractivity contribution in [1.29, 1.82) is 0 Å². The molecule has 0 radical (unpaired) electrons. The molecular weight excluding hydrogens is 512 g/mol. The second-order valence-electron chi connectivity index (χ2n) is 9.56. The molecule has 196 valence electrons. The minimum Gasteiger partial charge on any atom is -0.352 e. The number of carbonyl (C=O) groups excluding carboxylic acids is 1. The molecule has 1 heterocycles. The van der Waals surface area contributed by atoms with Crippen molar-refractivity contribution in [3.8, 4) is 0 Å². The summed E-state index contributed by atoms with van der Waals surface area (Å²) in [7, 11) is 0. The summed E-state index contributed by atoms with van der Waals surface area (Å²) in [5.41, 5.74) is 4.24. The van der Waals surface area contributed by atoms with Crippen LogP contribution in [0.15, 0.2) is 96.2 Å². The van der Waals surface area contributed by atoms with Crippen molar-refractivity contribution in [2.45, 2.75) is 37.7 Å². The molecular formula is C31H33ClN4OS. The summed E-state index contributed by atoms with van der Waals surface area (Å²) in [6.07, 6.45) is 0.898. The summed E-state index contributed by atoms with van der Waals surface area (Å²) < 4.78 is 0. The number of halogens is 1. The smallest absolute Gasteiger partial charge is 0.251 e. The number of nitrogens with one attached hydrogen (secondary N) is 1. The second kappa shape index (κ2) is 14.0. The van der Waals surface area contributed by atoms with E-state index in [1.807, 2.05) is 42.5 Å². The lowest BCUT2D eigenvalue weighted by atomic mass is 10.1. The van der Waals surface area contributed by atoms with Crippen LogP contribution in [0.1, 0.15) is 40.9 Å². The van der Waals surface area contributed by atoms with Gasteiger partial charge in [0.25, 0.3) is 5.91 Å². The van der Waals surface area contributed by atoms with Crippen LogP contribution in [0.25, 0.3) is 0 Å². The maximum Gasteiger partial charge on any atom is 0.251 e. The third-order valence-electron chi connectivity index (χ3n) is 5.97. The van der Waals surface area contributed by atoms with Crippen LogP contribution < -0.4 is 10.2 Å². The molecule has 0 aliphatic heterocycles. The van der Waals surface area contributed by atoms with Crippen LogP contribution in [0.5, 0.6) is 0 Å². The first-order valence-corrected chi connectivity index (χ1v) is 14.2. The summed E-state index contributed by atoms with van der Waals surface area (Å²) in [5, 5.41) is 4.01. The lowest BCUT2D eigenvalue weighted by molar-refractivity contribution is 0.0949. The van der Waals surface area contributed by atoms with E-state index in [4.69, 9.17) is 16.6 Å². The third-order valence-corrected chi connectivity index (χ3v) is 7.08. The van der Waals surface area contributed by atoms with E-state index < -0.39 is 0 Å². The number of hydrogen-bond donors (Lipinski definition) is 1. The van der Waals surface area contributed by atoms with Crippen LogP contribution in [0, 0.1) is 5.92 Å². The molecule has 0 bridgehead atoms. The molecule has 0 fully saturated rings. The first kappa shape index (κ1) is 27.7. The Morgan fingerprint density at radius 2 is 1.55 bits per heavy atom. The molecule has 5 nitrogen and oxygen atoms in total. The Hall–Kier alpha value is -3.35. The molecule has 0 unspecified atom stereocenters. The standard InChI is InChI=1S/C31H33ClN4OS/c1-23(2)20-33-30(37)27-15-13-26(14-16-27)22-38-31-34-28(32)19-29(35-31)36(21-25-11-7-4-8-12-25)18-17-24-9-5-3-6-10-24/h3-16,19,23H,17-18,20-22H2,1-2H3,(H,33,37).